The summed E-state index contributed by atoms with van der Waals surface area (Å²) in [4.78, 5) is 26.7. The van der Waals surface area contributed by atoms with E-state index in [1.165, 1.54) is 0 Å². The van der Waals surface area contributed by atoms with E-state index in [1.54, 1.807) is 24.3 Å². The van der Waals surface area contributed by atoms with E-state index in [0.717, 1.165) is 0 Å². The van der Waals surface area contributed by atoms with Crippen LogP contribution >= 0.6 is 0 Å². The van der Waals surface area contributed by atoms with Crippen LogP contribution in [-0.2, 0) is 9.63 Å². The Morgan fingerprint density at radius 3 is 2.75 bits per heavy atom. The van der Waals surface area contributed by atoms with E-state index in [9.17, 15) is 14.7 Å². The van der Waals surface area contributed by atoms with Gasteiger partial charge in [0.25, 0.3) is 5.91 Å². The Morgan fingerprint density at radius 2 is 2.12 bits per heavy atom. The number of carboxylic acids is 1. The Bertz CT molecular complexity index is 445. The number of nitrogens with zero attached hydrogens (tertiary/aromatic N) is 1. The summed E-state index contributed by atoms with van der Waals surface area (Å²) in [5.74, 6) is -1.75. The maximum atomic E-state index is 11.7. The number of rotatable bonds is 3. The molecule has 0 spiro atoms. The zero-order valence-corrected chi connectivity index (χ0v) is 8.16. The lowest BCUT2D eigenvalue weighted by atomic mass is 10.1. The molecule has 2 N–H and O–H groups in total. The van der Waals surface area contributed by atoms with Gasteiger partial charge in [0.2, 0.25) is 0 Å². The Hall–Kier alpha value is -1.92. The number of carboxylic acid groups (broad SMARTS) is 1. The molecule has 0 bridgehead atoms. The second-order valence-electron chi connectivity index (χ2n) is 3.26. The molecule has 2 rings (SSSR count). The number of benzene rings is 1. The van der Waals surface area contributed by atoms with Crippen LogP contribution in [0.2, 0.25) is 0 Å². The van der Waals surface area contributed by atoms with E-state index >= 15 is 0 Å². The van der Waals surface area contributed by atoms with E-state index in [4.69, 9.17) is 9.94 Å². The van der Waals surface area contributed by atoms with Gasteiger partial charge >= 0.3 is 5.97 Å². The largest absolute Gasteiger partial charge is 0.479 e. The zero-order chi connectivity index (χ0) is 11.7. The van der Waals surface area contributed by atoms with Gasteiger partial charge in [-0.2, -0.15) is 5.06 Å². The van der Waals surface area contributed by atoms with Crippen molar-refractivity contribution in [2.24, 2.45) is 0 Å². The summed E-state index contributed by atoms with van der Waals surface area (Å²) < 4.78 is 0. The summed E-state index contributed by atoms with van der Waals surface area (Å²) in [6.45, 7) is -0.670. The third-order valence-electron chi connectivity index (χ3n) is 2.22. The summed E-state index contributed by atoms with van der Waals surface area (Å²) in [5.41, 5.74) is 0.735. The van der Waals surface area contributed by atoms with Crippen LogP contribution in [0.25, 0.3) is 0 Å². The lowest BCUT2D eigenvalue weighted by Gasteiger charge is -2.18. The van der Waals surface area contributed by atoms with Gasteiger partial charge in [-0.3, -0.25) is 9.63 Å². The van der Waals surface area contributed by atoms with Gasteiger partial charge < -0.3 is 10.2 Å². The van der Waals surface area contributed by atoms with Crippen molar-refractivity contribution in [3.8, 4) is 0 Å². The van der Waals surface area contributed by atoms with E-state index < -0.39 is 24.7 Å². The van der Waals surface area contributed by atoms with Crippen LogP contribution in [0.15, 0.2) is 24.3 Å². The highest BCUT2D eigenvalue weighted by atomic mass is 16.7. The van der Waals surface area contributed by atoms with Gasteiger partial charge in [-0.25, -0.2) is 4.79 Å². The van der Waals surface area contributed by atoms with Gasteiger partial charge in [-0.1, -0.05) is 18.2 Å². The molecule has 1 heterocycles. The van der Waals surface area contributed by atoms with E-state index in [1.807, 2.05) is 0 Å². The Kier molecular flexibility index (Phi) is 2.59. The number of aliphatic carboxylic acids is 1. The SMILES string of the molecule is O=C(O)CON1C(=O)c2ccccc2C1O. The number of fused-ring (bicyclic) bond motifs is 1. The van der Waals surface area contributed by atoms with Crippen LogP contribution in [0.1, 0.15) is 22.1 Å². The third kappa shape index (κ3) is 1.64. The Labute approximate surface area is 90.6 Å². The topological polar surface area (TPSA) is 87.1 Å². The molecule has 1 aliphatic heterocycles. The second-order valence-corrected chi connectivity index (χ2v) is 3.26. The van der Waals surface area contributed by atoms with E-state index in [-0.39, 0.29) is 0 Å². The Balaban J connectivity index is 2.21. The number of hydroxylamine groups is 2. The summed E-state index contributed by atoms with van der Waals surface area (Å²) in [6, 6.07) is 6.47. The number of aliphatic hydroxyl groups is 1. The molecule has 0 saturated heterocycles. The van der Waals surface area contributed by atoms with Crippen LogP contribution in [0.3, 0.4) is 0 Å². The average molecular weight is 223 g/mol. The molecule has 1 unspecified atom stereocenters. The maximum Gasteiger partial charge on any atom is 0.332 e. The quantitative estimate of drug-likeness (QED) is 0.761. The summed E-state index contributed by atoms with van der Waals surface area (Å²) >= 11 is 0. The molecule has 1 atom stereocenters. The molecule has 1 aromatic carbocycles. The first kappa shape index (κ1) is 10.6. The molecule has 16 heavy (non-hydrogen) atoms. The van der Waals surface area contributed by atoms with E-state index in [0.29, 0.717) is 16.2 Å². The second kappa shape index (κ2) is 3.92. The van der Waals surface area contributed by atoms with Crippen molar-refractivity contribution >= 4 is 11.9 Å². The van der Waals surface area contributed by atoms with Crippen LogP contribution in [0.5, 0.6) is 0 Å². The fraction of sp³-hybridized carbons (Fsp3) is 0.200. The number of carbonyl (C=O) groups excluding carboxylic acids is 1. The standard InChI is InChI=1S/C10H9NO5/c12-8(13)5-16-11-9(14)6-3-1-2-4-7(6)10(11)15/h1-4,9,14H,5H2,(H,12,13). The molecule has 0 aromatic heterocycles. The van der Waals surface area contributed by atoms with Gasteiger partial charge in [-0.15, -0.1) is 0 Å². The first-order valence-corrected chi connectivity index (χ1v) is 4.56. The highest BCUT2D eigenvalue weighted by Gasteiger charge is 2.36. The highest BCUT2D eigenvalue weighted by molar-refractivity contribution is 5.98. The summed E-state index contributed by atoms with van der Waals surface area (Å²) in [6.07, 6.45) is -1.25. The fourth-order valence-electron chi connectivity index (χ4n) is 1.53. The molecule has 0 saturated carbocycles. The van der Waals surface area contributed by atoms with Gasteiger partial charge in [0.1, 0.15) is 0 Å². The monoisotopic (exact) mass is 223 g/mol. The minimum absolute atomic E-state index is 0.320. The smallest absolute Gasteiger partial charge is 0.332 e. The minimum atomic E-state index is -1.25. The predicted octanol–water partition coefficient (Wildman–Crippen LogP) is 0.149. The van der Waals surface area contributed by atoms with Crippen LogP contribution < -0.4 is 0 Å². The van der Waals surface area contributed by atoms with Crippen molar-refractivity contribution in [3.63, 3.8) is 0 Å². The molecule has 1 aromatic rings. The zero-order valence-electron chi connectivity index (χ0n) is 8.16. The molecule has 6 nitrogen and oxygen atoms in total. The number of aliphatic hydroxyl groups excluding tert-OH is 1. The molecule has 1 amide bonds. The molecule has 0 fully saturated rings. The van der Waals surface area contributed by atoms with Gasteiger partial charge in [-0.05, 0) is 6.07 Å². The molecule has 84 valence electrons. The molecule has 6 heteroatoms. The first-order valence-electron chi connectivity index (χ1n) is 4.56. The van der Waals surface area contributed by atoms with Gasteiger partial charge in [0, 0.05) is 11.1 Å². The van der Waals surface area contributed by atoms with Crippen molar-refractivity contribution in [3.05, 3.63) is 35.4 Å². The van der Waals surface area contributed by atoms with Crippen LogP contribution in [0.4, 0.5) is 0 Å². The molecular formula is C10H9NO5. The van der Waals surface area contributed by atoms with Crippen molar-refractivity contribution in [1.29, 1.82) is 0 Å². The van der Waals surface area contributed by atoms with Crippen LogP contribution in [0, 0.1) is 0 Å². The molecule has 0 aliphatic carbocycles. The van der Waals surface area contributed by atoms with Crippen molar-refractivity contribution in [1.82, 2.24) is 5.06 Å². The van der Waals surface area contributed by atoms with Crippen LogP contribution in [-0.4, -0.2) is 33.8 Å². The summed E-state index contributed by atoms with van der Waals surface area (Å²) in [7, 11) is 0. The fourth-order valence-corrected chi connectivity index (χ4v) is 1.53. The predicted molar refractivity (Wildman–Crippen MR) is 51.2 cm³/mol. The van der Waals surface area contributed by atoms with Gasteiger partial charge in [0.15, 0.2) is 12.8 Å². The van der Waals surface area contributed by atoms with Crippen molar-refractivity contribution < 1.29 is 24.6 Å². The lowest BCUT2D eigenvalue weighted by molar-refractivity contribution is -0.205. The number of hydrogen-bond acceptors (Lipinski definition) is 4. The van der Waals surface area contributed by atoms with E-state index in [2.05, 4.69) is 0 Å². The maximum absolute atomic E-state index is 11.7. The third-order valence-corrected chi connectivity index (χ3v) is 2.22. The van der Waals surface area contributed by atoms with Crippen molar-refractivity contribution in [2.45, 2.75) is 6.23 Å². The Morgan fingerprint density at radius 1 is 1.44 bits per heavy atom. The number of amides is 1. The normalized spacial score (nSPS) is 18.7. The minimum Gasteiger partial charge on any atom is -0.479 e. The average Bonchev–Trinajstić information content (AvgIpc) is 2.50. The number of carbonyl (C=O) groups is 2. The van der Waals surface area contributed by atoms with Gasteiger partial charge in [0.05, 0.1) is 0 Å². The number of hydrogen-bond donors (Lipinski definition) is 2. The molecular weight excluding hydrogens is 214 g/mol. The molecule has 0 radical (unpaired) electrons. The molecule has 1 aliphatic rings. The first-order chi connectivity index (χ1) is 7.61. The highest BCUT2D eigenvalue weighted by Crippen LogP contribution is 2.31. The van der Waals surface area contributed by atoms with Crippen molar-refractivity contribution in [2.75, 3.05) is 6.61 Å². The lowest BCUT2D eigenvalue weighted by Crippen LogP contribution is -2.30. The summed E-state index contributed by atoms with van der Waals surface area (Å²) in [5, 5.41) is 18.8.